The van der Waals surface area contributed by atoms with E-state index in [4.69, 9.17) is 4.98 Å². The molecule has 8 heteroatoms. The summed E-state index contributed by atoms with van der Waals surface area (Å²) in [6.45, 7) is 0. The number of aryl methyl sites for hydroxylation is 1. The van der Waals surface area contributed by atoms with E-state index in [2.05, 4.69) is 32.7 Å². The van der Waals surface area contributed by atoms with Gasteiger partial charge in [-0.15, -0.1) is 0 Å². The zero-order valence-electron chi connectivity index (χ0n) is 19.9. The van der Waals surface area contributed by atoms with Gasteiger partial charge < -0.3 is 10.4 Å². The van der Waals surface area contributed by atoms with Gasteiger partial charge >= 0.3 is 0 Å². The Bertz CT molecular complexity index is 1370. The topological polar surface area (TPSA) is 109 Å². The first-order valence-electron chi connectivity index (χ1n) is 12.5. The number of amides is 1. The number of hydrogen-bond acceptors (Lipinski definition) is 5. The minimum atomic E-state index is -0.460. The third-order valence-electron chi connectivity index (χ3n) is 7.39. The molecule has 2 unspecified atom stereocenters. The first-order valence-corrected chi connectivity index (χ1v) is 12.5. The van der Waals surface area contributed by atoms with Gasteiger partial charge in [-0.3, -0.25) is 14.6 Å². The van der Waals surface area contributed by atoms with Gasteiger partial charge in [-0.25, -0.2) is 4.98 Å². The summed E-state index contributed by atoms with van der Waals surface area (Å²) in [5, 5.41) is 26.3. The summed E-state index contributed by atoms with van der Waals surface area (Å²) >= 11 is 0. The molecule has 0 spiro atoms. The fourth-order valence-corrected chi connectivity index (χ4v) is 5.26. The van der Waals surface area contributed by atoms with Crippen molar-refractivity contribution in [1.82, 2.24) is 30.3 Å². The molecule has 0 saturated heterocycles. The summed E-state index contributed by atoms with van der Waals surface area (Å²) in [5.74, 6) is 2.00. The molecular weight excluding hydrogens is 440 g/mol. The highest BCUT2D eigenvalue weighted by Gasteiger charge is 2.29. The van der Waals surface area contributed by atoms with E-state index < -0.39 is 6.10 Å². The first-order chi connectivity index (χ1) is 17.1. The summed E-state index contributed by atoms with van der Waals surface area (Å²) in [7, 11) is 1.93. The van der Waals surface area contributed by atoms with Crippen LogP contribution in [-0.4, -0.2) is 48.1 Å². The Morgan fingerprint density at radius 2 is 1.91 bits per heavy atom. The number of carbonyl (C=O) groups is 1. The summed E-state index contributed by atoms with van der Waals surface area (Å²) in [6.07, 6.45) is 8.24. The largest absolute Gasteiger partial charge is 0.391 e. The first kappa shape index (κ1) is 22.0. The molecule has 2 heterocycles. The predicted molar refractivity (Wildman–Crippen MR) is 133 cm³/mol. The van der Waals surface area contributed by atoms with Crippen molar-refractivity contribution in [2.45, 2.75) is 63.0 Å². The number of H-pyrrole nitrogens is 1. The number of aromatic amines is 1. The summed E-state index contributed by atoms with van der Waals surface area (Å²) in [4.78, 5) is 17.5. The smallest absolute Gasteiger partial charge is 0.251 e. The lowest BCUT2D eigenvalue weighted by Crippen LogP contribution is -2.45. The van der Waals surface area contributed by atoms with Gasteiger partial charge in [0, 0.05) is 30.0 Å². The molecule has 2 saturated carbocycles. The van der Waals surface area contributed by atoms with E-state index in [0.717, 1.165) is 42.6 Å². The third-order valence-corrected chi connectivity index (χ3v) is 7.39. The molecule has 2 atom stereocenters. The monoisotopic (exact) mass is 470 g/mol. The Kier molecular flexibility index (Phi) is 5.60. The Morgan fingerprint density at radius 1 is 1.11 bits per heavy atom. The Hall–Kier alpha value is -3.52. The van der Waals surface area contributed by atoms with Gasteiger partial charge in [0.25, 0.3) is 5.91 Å². The molecule has 2 aromatic heterocycles. The second kappa shape index (κ2) is 8.92. The molecule has 2 aliphatic carbocycles. The Labute approximate surface area is 203 Å². The second-order valence-corrected chi connectivity index (χ2v) is 9.91. The number of aliphatic hydroxyl groups excluding tert-OH is 1. The normalized spacial score (nSPS) is 20.3. The molecule has 0 bridgehead atoms. The molecule has 0 radical (unpaired) electrons. The number of nitrogens with one attached hydrogen (secondary N) is 2. The van der Waals surface area contributed by atoms with Gasteiger partial charge in [0.15, 0.2) is 5.82 Å². The number of benzene rings is 2. The standard InChI is InChI=1S/C27H30N6O2/c1-33-24(14-19-12-13-21-20(15-28-31-21)25(19)16-6-7-16)30-26(32-33)17-8-10-18(11-9-17)27(35)29-22-4-2-3-5-23(22)34/h8-13,15-16,22-23,34H,2-7,14H2,1H3,(H,28,31)(H,29,35). The zero-order valence-corrected chi connectivity index (χ0v) is 19.9. The van der Waals surface area contributed by atoms with Crippen LogP contribution in [0.1, 0.15) is 71.8 Å². The fraction of sp³-hybridized carbons (Fsp3) is 0.407. The van der Waals surface area contributed by atoms with Crippen molar-refractivity contribution < 1.29 is 9.90 Å². The van der Waals surface area contributed by atoms with Crippen LogP contribution in [0.15, 0.2) is 42.6 Å². The molecule has 6 rings (SSSR count). The van der Waals surface area contributed by atoms with Crippen molar-refractivity contribution in [1.29, 1.82) is 0 Å². The van der Waals surface area contributed by atoms with Gasteiger partial charge in [-0.2, -0.15) is 10.2 Å². The van der Waals surface area contributed by atoms with Gasteiger partial charge in [0.1, 0.15) is 5.82 Å². The predicted octanol–water partition coefficient (Wildman–Crippen LogP) is 3.86. The van der Waals surface area contributed by atoms with Gasteiger partial charge in [-0.05, 0) is 60.9 Å². The molecule has 3 N–H and O–H groups in total. The molecule has 0 aliphatic heterocycles. The fourth-order valence-electron chi connectivity index (χ4n) is 5.26. The van der Waals surface area contributed by atoms with Crippen LogP contribution in [0.3, 0.4) is 0 Å². The maximum atomic E-state index is 12.7. The number of fused-ring (bicyclic) bond motifs is 1. The maximum Gasteiger partial charge on any atom is 0.251 e. The highest BCUT2D eigenvalue weighted by molar-refractivity contribution is 5.94. The van der Waals surface area contributed by atoms with Crippen molar-refractivity contribution in [2.75, 3.05) is 0 Å². The summed E-state index contributed by atoms with van der Waals surface area (Å²) in [6, 6.07) is 11.5. The van der Waals surface area contributed by atoms with Gasteiger partial charge in [-0.1, -0.05) is 31.0 Å². The quantitative estimate of drug-likeness (QED) is 0.397. The molecular formula is C27H30N6O2. The van der Waals surface area contributed by atoms with Crippen LogP contribution in [0.2, 0.25) is 0 Å². The van der Waals surface area contributed by atoms with E-state index in [9.17, 15) is 9.90 Å². The van der Waals surface area contributed by atoms with Crippen LogP contribution < -0.4 is 5.32 Å². The summed E-state index contributed by atoms with van der Waals surface area (Å²) in [5.41, 5.74) is 5.19. The number of rotatable bonds is 6. The minimum Gasteiger partial charge on any atom is -0.391 e. The Balaban J connectivity index is 1.20. The van der Waals surface area contributed by atoms with E-state index in [1.165, 1.54) is 29.4 Å². The van der Waals surface area contributed by atoms with Crippen LogP contribution in [0.5, 0.6) is 0 Å². The molecule has 4 aromatic rings. The van der Waals surface area contributed by atoms with Crippen LogP contribution in [0, 0.1) is 0 Å². The molecule has 2 aromatic carbocycles. The van der Waals surface area contributed by atoms with Crippen LogP contribution in [0.4, 0.5) is 0 Å². The number of nitrogens with zero attached hydrogens (tertiary/aromatic N) is 4. The van der Waals surface area contributed by atoms with E-state index in [-0.39, 0.29) is 11.9 Å². The lowest BCUT2D eigenvalue weighted by atomic mass is 9.92. The third kappa shape index (κ3) is 4.34. The summed E-state index contributed by atoms with van der Waals surface area (Å²) < 4.78 is 1.84. The number of aliphatic hydroxyl groups is 1. The van der Waals surface area contributed by atoms with Crippen molar-refractivity contribution in [3.63, 3.8) is 0 Å². The SMILES string of the molecule is Cn1nc(-c2ccc(C(=O)NC3CCCCC3O)cc2)nc1Cc1ccc2[nH]ncc2c1C1CC1. The zero-order chi connectivity index (χ0) is 23.9. The lowest BCUT2D eigenvalue weighted by Gasteiger charge is -2.28. The van der Waals surface area contributed by atoms with Crippen molar-refractivity contribution in [2.24, 2.45) is 7.05 Å². The van der Waals surface area contributed by atoms with Crippen molar-refractivity contribution in [3.8, 4) is 11.4 Å². The van der Waals surface area contributed by atoms with Crippen molar-refractivity contribution in [3.05, 3.63) is 65.1 Å². The van der Waals surface area contributed by atoms with Crippen LogP contribution in [0.25, 0.3) is 22.3 Å². The van der Waals surface area contributed by atoms with Crippen LogP contribution >= 0.6 is 0 Å². The van der Waals surface area contributed by atoms with E-state index in [1.807, 2.05) is 30.1 Å². The van der Waals surface area contributed by atoms with E-state index in [0.29, 0.717) is 23.7 Å². The molecule has 180 valence electrons. The molecule has 2 fully saturated rings. The number of aromatic nitrogens is 5. The number of hydrogen-bond donors (Lipinski definition) is 3. The molecule has 35 heavy (non-hydrogen) atoms. The molecule has 8 nitrogen and oxygen atoms in total. The van der Waals surface area contributed by atoms with Crippen molar-refractivity contribution >= 4 is 16.8 Å². The van der Waals surface area contributed by atoms with Gasteiger partial charge in [0.2, 0.25) is 0 Å². The second-order valence-electron chi connectivity index (χ2n) is 9.91. The lowest BCUT2D eigenvalue weighted by molar-refractivity contribution is 0.0717. The average molecular weight is 471 g/mol. The molecule has 2 aliphatic rings. The maximum absolute atomic E-state index is 12.7. The van der Waals surface area contributed by atoms with Crippen LogP contribution in [-0.2, 0) is 13.5 Å². The highest BCUT2D eigenvalue weighted by Crippen LogP contribution is 2.45. The molecule has 1 amide bonds. The Morgan fingerprint density at radius 3 is 2.69 bits per heavy atom. The highest BCUT2D eigenvalue weighted by atomic mass is 16.3. The van der Waals surface area contributed by atoms with Gasteiger partial charge in [0.05, 0.1) is 23.9 Å². The number of carbonyl (C=O) groups excluding carboxylic acids is 1. The average Bonchev–Trinajstić information content (AvgIpc) is 3.48. The van der Waals surface area contributed by atoms with E-state index in [1.54, 1.807) is 12.1 Å². The van der Waals surface area contributed by atoms with E-state index >= 15 is 0 Å². The minimum absolute atomic E-state index is 0.153.